The molecule has 1 aliphatic rings. The van der Waals surface area contributed by atoms with Crippen LogP contribution >= 0.6 is 11.3 Å². The third-order valence-corrected chi connectivity index (χ3v) is 5.24. The summed E-state index contributed by atoms with van der Waals surface area (Å²) in [7, 11) is 0. The van der Waals surface area contributed by atoms with Gasteiger partial charge < -0.3 is 21.3 Å². The molecular weight excluding hydrogens is 362 g/mol. The Morgan fingerprint density at radius 3 is 2.81 bits per heavy atom. The minimum atomic E-state index is -0.322. The smallest absolute Gasteiger partial charge is 0.325 e. The van der Waals surface area contributed by atoms with E-state index in [-0.39, 0.29) is 12.0 Å². The number of aromatic nitrogens is 1. The van der Waals surface area contributed by atoms with Gasteiger partial charge in [0, 0.05) is 24.2 Å². The number of thiazole rings is 1. The van der Waals surface area contributed by atoms with E-state index in [2.05, 4.69) is 38.8 Å². The zero-order chi connectivity index (χ0) is 19.2. The van der Waals surface area contributed by atoms with E-state index in [1.807, 2.05) is 12.1 Å². The highest BCUT2D eigenvalue weighted by molar-refractivity contribution is 7.15. The largest absolute Gasteiger partial charge is 0.370 e. The van der Waals surface area contributed by atoms with Gasteiger partial charge in [-0.15, -0.1) is 0 Å². The monoisotopic (exact) mass is 387 g/mol. The fourth-order valence-electron chi connectivity index (χ4n) is 3.02. The summed E-state index contributed by atoms with van der Waals surface area (Å²) in [4.78, 5) is 19.8. The van der Waals surface area contributed by atoms with Crippen molar-refractivity contribution in [3.8, 4) is 0 Å². The predicted molar refractivity (Wildman–Crippen MR) is 111 cm³/mol. The van der Waals surface area contributed by atoms with E-state index in [4.69, 9.17) is 11.1 Å². The topological polar surface area (TPSA) is 119 Å². The van der Waals surface area contributed by atoms with Crippen molar-refractivity contribution in [3.63, 3.8) is 0 Å². The number of aryl methyl sites for hydroxylation is 1. The van der Waals surface area contributed by atoms with Crippen LogP contribution in [0, 0.1) is 12.3 Å². The van der Waals surface area contributed by atoms with Gasteiger partial charge in [-0.2, -0.15) is 0 Å². The molecule has 1 aromatic carbocycles. The van der Waals surface area contributed by atoms with Crippen LogP contribution in [0.1, 0.15) is 29.7 Å². The van der Waals surface area contributed by atoms with E-state index in [1.54, 1.807) is 6.20 Å². The Balaban J connectivity index is 1.64. The van der Waals surface area contributed by atoms with Crippen molar-refractivity contribution in [1.29, 1.82) is 5.41 Å². The van der Waals surface area contributed by atoms with Crippen molar-refractivity contribution < 1.29 is 4.79 Å². The van der Waals surface area contributed by atoms with E-state index in [1.165, 1.54) is 36.2 Å². The summed E-state index contributed by atoms with van der Waals surface area (Å²) in [6.45, 7) is 4.49. The second-order valence-corrected chi connectivity index (χ2v) is 7.66. The Kier molecular flexibility index (Phi) is 6.12. The van der Waals surface area contributed by atoms with E-state index in [9.17, 15) is 4.79 Å². The molecule has 0 spiro atoms. The minimum Gasteiger partial charge on any atom is -0.370 e. The van der Waals surface area contributed by atoms with Crippen LogP contribution in [0.5, 0.6) is 0 Å². The summed E-state index contributed by atoms with van der Waals surface area (Å²) in [6, 6.07) is 5.74. The number of amides is 2. The van der Waals surface area contributed by atoms with Crippen molar-refractivity contribution in [2.75, 3.05) is 28.6 Å². The van der Waals surface area contributed by atoms with Gasteiger partial charge in [-0.25, -0.2) is 9.78 Å². The second kappa shape index (κ2) is 8.72. The Morgan fingerprint density at radius 2 is 2.07 bits per heavy atom. The number of carbonyl (C=O) groups excluding carboxylic acids is 1. The van der Waals surface area contributed by atoms with Crippen LogP contribution in [0.25, 0.3) is 0 Å². The second-order valence-electron chi connectivity index (χ2n) is 6.55. The SMILES string of the molecule is Cc1ccc(NC(=O)Nc2ncc(CNC(=N)N)s2)c(N2CCCCC2)c1. The van der Waals surface area contributed by atoms with Crippen LogP contribution in [-0.4, -0.2) is 30.1 Å². The Bertz CT molecular complexity index is 814. The molecule has 9 heteroatoms. The molecule has 8 nitrogen and oxygen atoms in total. The Morgan fingerprint density at radius 1 is 1.30 bits per heavy atom. The number of rotatable bonds is 5. The third-order valence-electron chi connectivity index (χ3n) is 4.33. The molecule has 2 heterocycles. The first-order chi connectivity index (χ1) is 13.0. The fourth-order valence-corrected chi connectivity index (χ4v) is 3.77. The lowest BCUT2D eigenvalue weighted by molar-refractivity contribution is 0.262. The van der Waals surface area contributed by atoms with Gasteiger partial charge in [0.25, 0.3) is 0 Å². The van der Waals surface area contributed by atoms with Crippen molar-refractivity contribution >= 4 is 39.8 Å². The maximum Gasteiger partial charge on any atom is 0.325 e. The molecule has 0 unspecified atom stereocenters. The molecule has 0 atom stereocenters. The van der Waals surface area contributed by atoms with Crippen molar-refractivity contribution in [2.24, 2.45) is 5.73 Å². The maximum atomic E-state index is 12.4. The third kappa shape index (κ3) is 5.33. The number of benzene rings is 1. The van der Waals surface area contributed by atoms with Crippen molar-refractivity contribution in [3.05, 3.63) is 34.8 Å². The molecule has 0 radical (unpaired) electrons. The van der Waals surface area contributed by atoms with Gasteiger partial charge in [-0.3, -0.25) is 10.7 Å². The van der Waals surface area contributed by atoms with Crippen LogP contribution in [0.3, 0.4) is 0 Å². The molecule has 1 saturated heterocycles. The number of nitrogens with one attached hydrogen (secondary N) is 4. The molecule has 144 valence electrons. The van der Waals surface area contributed by atoms with E-state index in [0.29, 0.717) is 11.7 Å². The molecule has 27 heavy (non-hydrogen) atoms. The number of nitrogens with zero attached hydrogens (tertiary/aromatic N) is 2. The predicted octanol–water partition coefficient (Wildman–Crippen LogP) is 3.07. The van der Waals surface area contributed by atoms with E-state index >= 15 is 0 Å². The van der Waals surface area contributed by atoms with Gasteiger partial charge in [-0.1, -0.05) is 17.4 Å². The lowest BCUT2D eigenvalue weighted by atomic mass is 10.1. The van der Waals surface area contributed by atoms with Gasteiger partial charge in [0.2, 0.25) is 0 Å². The van der Waals surface area contributed by atoms with Crippen molar-refractivity contribution in [1.82, 2.24) is 10.3 Å². The highest BCUT2D eigenvalue weighted by Crippen LogP contribution is 2.30. The first-order valence-corrected chi connectivity index (χ1v) is 9.79. The zero-order valence-electron chi connectivity index (χ0n) is 15.3. The molecule has 1 fully saturated rings. The fraction of sp³-hybridized carbons (Fsp3) is 0.389. The van der Waals surface area contributed by atoms with E-state index in [0.717, 1.165) is 29.3 Å². The quantitative estimate of drug-likeness (QED) is 0.399. The summed E-state index contributed by atoms with van der Waals surface area (Å²) >= 11 is 1.34. The van der Waals surface area contributed by atoms with Gasteiger partial charge in [0.1, 0.15) is 0 Å². The van der Waals surface area contributed by atoms with E-state index < -0.39 is 0 Å². The number of nitrogens with two attached hydrogens (primary N) is 1. The number of anilines is 3. The lowest BCUT2D eigenvalue weighted by Gasteiger charge is -2.30. The van der Waals surface area contributed by atoms with Crippen LogP contribution in [-0.2, 0) is 6.54 Å². The number of hydrogen-bond donors (Lipinski definition) is 5. The highest BCUT2D eigenvalue weighted by atomic mass is 32.1. The maximum absolute atomic E-state index is 12.4. The standard InChI is InChI=1S/C18H25N7OS/c1-12-5-6-14(15(9-12)25-7-3-2-4-8-25)23-17(26)24-18-22-11-13(27-18)10-21-16(19)20/h5-6,9,11H,2-4,7-8,10H2,1H3,(H4,19,20,21)(H2,22,23,24,26). The first-order valence-electron chi connectivity index (χ1n) is 8.97. The zero-order valence-corrected chi connectivity index (χ0v) is 16.2. The average Bonchev–Trinajstić information content (AvgIpc) is 3.09. The summed E-state index contributed by atoms with van der Waals surface area (Å²) in [6.07, 6.45) is 5.27. The van der Waals surface area contributed by atoms with Crippen LogP contribution in [0.4, 0.5) is 21.3 Å². The highest BCUT2D eigenvalue weighted by Gasteiger charge is 2.16. The molecule has 0 aliphatic carbocycles. The molecule has 1 aromatic heterocycles. The molecule has 0 bridgehead atoms. The first kappa shape index (κ1) is 19.0. The Hall–Kier alpha value is -2.81. The number of urea groups is 1. The molecule has 2 aromatic rings. The Labute approximate surface area is 162 Å². The molecule has 6 N–H and O–H groups in total. The molecule has 2 amide bonds. The normalized spacial score (nSPS) is 13.9. The summed E-state index contributed by atoms with van der Waals surface area (Å²) in [5.41, 5.74) is 8.31. The van der Waals surface area contributed by atoms with Crippen LogP contribution in [0.2, 0.25) is 0 Å². The average molecular weight is 388 g/mol. The molecule has 3 rings (SSSR count). The van der Waals surface area contributed by atoms with Gasteiger partial charge >= 0.3 is 6.03 Å². The van der Waals surface area contributed by atoms with Crippen molar-refractivity contribution in [2.45, 2.75) is 32.7 Å². The van der Waals surface area contributed by atoms with Gasteiger partial charge in [0.15, 0.2) is 11.1 Å². The molecule has 1 aliphatic heterocycles. The number of piperidine rings is 1. The lowest BCUT2D eigenvalue weighted by Crippen LogP contribution is -2.31. The van der Waals surface area contributed by atoms with Crippen LogP contribution in [0.15, 0.2) is 24.4 Å². The summed E-state index contributed by atoms with van der Waals surface area (Å²) < 4.78 is 0. The summed E-state index contributed by atoms with van der Waals surface area (Å²) in [5, 5.41) is 16.1. The van der Waals surface area contributed by atoms with Gasteiger partial charge in [-0.05, 0) is 43.9 Å². The molecule has 0 saturated carbocycles. The number of guanidine groups is 1. The summed E-state index contributed by atoms with van der Waals surface area (Å²) in [5.74, 6) is -0.0970. The number of carbonyl (C=O) groups is 1. The molecular formula is C18H25N7OS. The van der Waals surface area contributed by atoms with Gasteiger partial charge in [0.05, 0.1) is 17.9 Å². The number of hydrogen-bond acceptors (Lipinski definition) is 5. The van der Waals surface area contributed by atoms with Crippen LogP contribution < -0.4 is 26.6 Å². The minimum absolute atomic E-state index is 0.0970.